The molecule has 2 amide bonds. The van der Waals surface area contributed by atoms with Crippen molar-refractivity contribution in [2.24, 2.45) is 5.92 Å². The molecule has 1 spiro atoms. The fourth-order valence-corrected chi connectivity index (χ4v) is 5.06. The van der Waals surface area contributed by atoms with Crippen LogP contribution in [0.15, 0.2) is 24.3 Å². The topological polar surface area (TPSA) is 58.6 Å². The van der Waals surface area contributed by atoms with Gasteiger partial charge in [-0.25, -0.2) is 4.39 Å². The molecule has 1 saturated heterocycles. The van der Waals surface area contributed by atoms with E-state index < -0.39 is 11.8 Å². The number of nitrogens with one attached hydrogen (secondary N) is 1. The van der Waals surface area contributed by atoms with Gasteiger partial charge >= 0.3 is 0 Å². The highest BCUT2D eigenvalue weighted by Gasteiger charge is 2.53. The number of hydrogen-bond donors (Lipinski definition) is 1. The number of rotatable bonds is 3. The maximum atomic E-state index is 13.5. The van der Waals surface area contributed by atoms with E-state index in [4.69, 9.17) is 4.74 Å². The molecule has 6 heteroatoms. The van der Waals surface area contributed by atoms with Gasteiger partial charge in [-0.1, -0.05) is 26.2 Å². The van der Waals surface area contributed by atoms with Crippen molar-refractivity contribution in [3.63, 3.8) is 0 Å². The fourth-order valence-electron chi connectivity index (χ4n) is 5.06. The second-order valence-corrected chi connectivity index (χ2v) is 8.98. The second-order valence-electron chi connectivity index (χ2n) is 8.98. The Hall–Kier alpha value is -1.95. The normalized spacial score (nSPS) is 30.5. The summed E-state index contributed by atoms with van der Waals surface area (Å²) in [6.07, 6.45) is 8.85. The summed E-state index contributed by atoms with van der Waals surface area (Å²) in [5.74, 6) is -0.169. The summed E-state index contributed by atoms with van der Waals surface area (Å²) >= 11 is 0. The standard InChI is InChI=1S/C23H31FN2O3/c1-16-11-13-23(14-12-16)26(22(28)17-7-9-18(24)10-8-17)20(15-29-23)21(27)25-19-5-3-2-4-6-19/h7-10,16,19-20H,2-6,11-15H2,1H3,(H,25,27)/t16?,20-,23?/m0/s1. The maximum Gasteiger partial charge on any atom is 0.256 e. The van der Waals surface area contributed by atoms with Crippen molar-refractivity contribution in [1.29, 1.82) is 0 Å². The van der Waals surface area contributed by atoms with Gasteiger partial charge in [-0.05, 0) is 68.7 Å². The molecule has 1 aromatic rings. The minimum atomic E-state index is -0.730. The van der Waals surface area contributed by atoms with E-state index in [1.807, 2.05) is 0 Å². The van der Waals surface area contributed by atoms with Crippen LogP contribution in [0.25, 0.3) is 0 Å². The van der Waals surface area contributed by atoms with Crippen LogP contribution < -0.4 is 5.32 Å². The highest BCUT2D eigenvalue weighted by atomic mass is 19.1. The molecular weight excluding hydrogens is 371 g/mol. The largest absolute Gasteiger partial charge is 0.353 e. The smallest absolute Gasteiger partial charge is 0.256 e. The lowest BCUT2D eigenvalue weighted by Crippen LogP contribution is -2.57. The van der Waals surface area contributed by atoms with Crippen LogP contribution in [-0.2, 0) is 9.53 Å². The molecule has 4 rings (SSSR count). The minimum Gasteiger partial charge on any atom is -0.353 e. The second kappa shape index (κ2) is 8.42. The Kier molecular flexibility index (Phi) is 5.91. The van der Waals surface area contributed by atoms with Gasteiger partial charge in [-0.2, -0.15) is 0 Å². The Morgan fingerprint density at radius 2 is 1.72 bits per heavy atom. The zero-order valence-electron chi connectivity index (χ0n) is 17.2. The van der Waals surface area contributed by atoms with Gasteiger partial charge in [-0.3, -0.25) is 14.5 Å². The number of carbonyl (C=O) groups is 2. The molecule has 158 valence electrons. The van der Waals surface area contributed by atoms with Gasteiger partial charge in [0.1, 0.15) is 17.6 Å². The summed E-state index contributed by atoms with van der Waals surface area (Å²) in [5.41, 5.74) is -0.336. The molecule has 3 fully saturated rings. The van der Waals surface area contributed by atoms with Crippen LogP contribution in [0.2, 0.25) is 0 Å². The molecule has 1 N–H and O–H groups in total. The van der Waals surface area contributed by atoms with E-state index in [1.54, 1.807) is 4.90 Å². The number of ether oxygens (including phenoxy) is 1. The number of hydrogen-bond acceptors (Lipinski definition) is 3. The molecular formula is C23H31FN2O3. The third kappa shape index (κ3) is 4.18. The molecule has 0 radical (unpaired) electrons. The first-order chi connectivity index (χ1) is 14.0. The highest BCUT2D eigenvalue weighted by Crippen LogP contribution is 2.43. The molecule has 1 heterocycles. The van der Waals surface area contributed by atoms with Crippen molar-refractivity contribution in [1.82, 2.24) is 10.2 Å². The van der Waals surface area contributed by atoms with E-state index in [2.05, 4.69) is 12.2 Å². The quantitative estimate of drug-likeness (QED) is 0.831. The van der Waals surface area contributed by atoms with Crippen LogP contribution in [0.3, 0.4) is 0 Å². The monoisotopic (exact) mass is 402 g/mol. The van der Waals surface area contributed by atoms with Crippen LogP contribution in [0.5, 0.6) is 0 Å². The van der Waals surface area contributed by atoms with Crippen LogP contribution >= 0.6 is 0 Å². The SMILES string of the molecule is CC1CCC2(CC1)OC[C@@H](C(=O)NC1CCCCC1)N2C(=O)c1ccc(F)cc1. The highest BCUT2D eigenvalue weighted by molar-refractivity contribution is 5.98. The summed E-state index contributed by atoms with van der Waals surface area (Å²) in [6, 6.07) is 5.11. The van der Waals surface area contributed by atoms with E-state index in [1.165, 1.54) is 30.7 Å². The molecule has 0 aromatic heterocycles. The van der Waals surface area contributed by atoms with E-state index in [-0.39, 0.29) is 30.3 Å². The van der Waals surface area contributed by atoms with Gasteiger partial charge in [0.25, 0.3) is 5.91 Å². The maximum absolute atomic E-state index is 13.5. The van der Waals surface area contributed by atoms with E-state index in [9.17, 15) is 14.0 Å². The first-order valence-corrected chi connectivity index (χ1v) is 11.0. The predicted octanol–water partition coefficient (Wildman–Crippen LogP) is 4.02. The first kappa shape index (κ1) is 20.3. The van der Waals surface area contributed by atoms with Crippen molar-refractivity contribution in [3.8, 4) is 0 Å². The summed E-state index contributed by atoms with van der Waals surface area (Å²) in [4.78, 5) is 28.3. The Morgan fingerprint density at radius 3 is 2.38 bits per heavy atom. The molecule has 0 unspecified atom stereocenters. The van der Waals surface area contributed by atoms with Crippen LogP contribution in [-0.4, -0.2) is 41.1 Å². The lowest BCUT2D eigenvalue weighted by Gasteiger charge is -2.43. The number of nitrogens with zero attached hydrogens (tertiary/aromatic N) is 1. The molecule has 2 saturated carbocycles. The molecule has 0 bridgehead atoms. The van der Waals surface area contributed by atoms with Crippen molar-refractivity contribution >= 4 is 11.8 Å². The molecule has 1 atom stereocenters. The number of benzene rings is 1. The zero-order valence-corrected chi connectivity index (χ0v) is 17.2. The molecule has 1 aromatic carbocycles. The van der Waals surface area contributed by atoms with Crippen molar-refractivity contribution in [2.45, 2.75) is 82.5 Å². The summed E-state index contributed by atoms with van der Waals surface area (Å²) in [6.45, 7) is 2.43. The fraction of sp³-hybridized carbons (Fsp3) is 0.652. The van der Waals surface area contributed by atoms with Crippen LogP contribution in [0.1, 0.15) is 75.1 Å². The lowest BCUT2D eigenvalue weighted by molar-refractivity contribution is -0.128. The van der Waals surface area contributed by atoms with E-state index in [0.717, 1.165) is 51.4 Å². The van der Waals surface area contributed by atoms with Gasteiger partial charge in [0.05, 0.1) is 6.61 Å². The van der Waals surface area contributed by atoms with Crippen molar-refractivity contribution in [3.05, 3.63) is 35.6 Å². The van der Waals surface area contributed by atoms with Gasteiger partial charge in [0.2, 0.25) is 5.91 Å². The van der Waals surface area contributed by atoms with Gasteiger partial charge < -0.3 is 10.1 Å². The Labute approximate surface area is 172 Å². The average molecular weight is 403 g/mol. The first-order valence-electron chi connectivity index (χ1n) is 11.0. The van der Waals surface area contributed by atoms with Gasteiger partial charge in [0.15, 0.2) is 0 Å². The summed E-state index contributed by atoms with van der Waals surface area (Å²) in [5, 5.41) is 3.16. The zero-order chi connectivity index (χ0) is 20.4. The minimum absolute atomic E-state index is 0.122. The van der Waals surface area contributed by atoms with Gasteiger partial charge in [-0.15, -0.1) is 0 Å². The molecule has 1 aliphatic heterocycles. The molecule has 2 aliphatic carbocycles. The third-order valence-electron chi connectivity index (χ3n) is 6.88. The molecule has 3 aliphatic rings. The van der Waals surface area contributed by atoms with Crippen molar-refractivity contribution in [2.75, 3.05) is 6.61 Å². The number of halogens is 1. The van der Waals surface area contributed by atoms with Crippen LogP contribution in [0.4, 0.5) is 4.39 Å². The Morgan fingerprint density at radius 1 is 1.07 bits per heavy atom. The predicted molar refractivity (Wildman–Crippen MR) is 108 cm³/mol. The average Bonchev–Trinajstić information content (AvgIpc) is 3.10. The van der Waals surface area contributed by atoms with Gasteiger partial charge in [0, 0.05) is 11.6 Å². The van der Waals surface area contributed by atoms with Crippen molar-refractivity contribution < 1.29 is 18.7 Å². The van der Waals surface area contributed by atoms with E-state index >= 15 is 0 Å². The summed E-state index contributed by atoms with van der Waals surface area (Å²) < 4.78 is 19.6. The molecule has 5 nitrogen and oxygen atoms in total. The van der Waals surface area contributed by atoms with Crippen LogP contribution in [0, 0.1) is 11.7 Å². The number of amides is 2. The Balaban J connectivity index is 1.58. The van der Waals surface area contributed by atoms with E-state index in [0.29, 0.717) is 11.5 Å². The third-order valence-corrected chi connectivity index (χ3v) is 6.88. The molecule has 29 heavy (non-hydrogen) atoms. The lowest BCUT2D eigenvalue weighted by atomic mass is 9.83. The Bertz CT molecular complexity index is 737. The number of carbonyl (C=O) groups excluding carboxylic acids is 2. The summed E-state index contributed by atoms with van der Waals surface area (Å²) in [7, 11) is 0.